The second-order valence-corrected chi connectivity index (χ2v) is 6.46. The summed E-state index contributed by atoms with van der Waals surface area (Å²) in [5.74, 6) is -0.643. The monoisotopic (exact) mass is 379 g/mol. The van der Waals surface area contributed by atoms with Crippen LogP contribution in [0.2, 0.25) is 5.15 Å². The van der Waals surface area contributed by atoms with Crippen molar-refractivity contribution in [3.8, 4) is 5.75 Å². The largest absolute Gasteiger partial charge is 0.497 e. The molecule has 0 N–H and O–H groups in total. The van der Waals surface area contributed by atoms with E-state index in [9.17, 15) is 9.59 Å². The summed E-state index contributed by atoms with van der Waals surface area (Å²) in [7, 11) is 1.56. The quantitative estimate of drug-likeness (QED) is 0.340. The number of rotatable bonds is 7. The molecular formula is C22H18ClNO3. The molecule has 1 aromatic heterocycles. The molecule has 0 amide bonds. The minimum absolute atomic E-state index is 0.216. The van der Waals surface area contributed by atoms with Gasteiger partial charge in [0.15, 0.2) is 11.6 Å². The van der Waals surface area contributed by atoms with Crippen LogP contribution in [0.15, 0.2) is 72.9 Å². The third kappa shape index (κ3) is 4.60. The van der Waals surface area contributed by atoms with Gasteiger partial charge in [-0.25, -0.2) is 4.98 Å². The molecule has 0 unspecified atom stereocenters. The van der Waals surface area contributed by atoms with Crippen LogP contribution in [-0.4, -0.2) is 23.7 Å². The van der Waals surface area contributed by atoms with Gasteiger partial charge in [0.05, 0.1) is 13.0 Å². The van der Waals surface area contributed by atoms with Crippen LogP contribution in [0, 0.1) is 5.92 Å². The highest BCUT2D eigenvalue weighted by Gasteiger charge is 2.29. The third-order valence-corrected chi connectivity index (χ3v) is 4.52. The van der Waals surface area contributed by atoms with E-state index < -0.39 is 5.92 Å². The fraction of sp³-hybridized carbons (Fsp3) is 0.136. The fourth-order valence-corrected chi connectivity index (χ4v) is 2.94. The Morgan fingerprint density at radius 2 is 1.56 bits per heavy atom. The zero-order valence-electron chi connectivity index (χ0n) is 14.8. The Labute approximate surface area is 162 Å². The van der Waals surface area contributed by atoms with E-state index in [1.807, 2.05) is 6.07 Å². The van der Waals surface area contributed by atoms with Crippen LogP contribution in [0.4, 0.5) is 0 Å². The molecule has 5 heteroatoms. The lowest BCUT2D eigenvalue weighted by molar-refractivity contribution is 0.0806. The number of hydrogen-bond acceptors (Lipinski definition) is 4. The molecule has 136 valence electrons. The summed E-state index contributed by atoms with van der Waals surface area (Å²) in [5.41, 5.74) is 1.74. The summed E-state index contributed by atoms with van der Waals surface area (Å²) in [4.78, 5) is 30.2. The molecule has 0 saturated heterocycles. The van der Waals surface area contributed by atoms with Crippen LogP contribution in [0.5, 0.6) is 5.75 Å². The van der Waals surface area contributed by atoms with Crippen molar-refractivity contribution < 1.29 is 14.3 Å². The van der Waals surface area contributed by atoms with Gasteiger partial charge in [0, 0.05) is 17.3 Å². The van der Waals surface area contributed by atoms with E-state index in [1.54, 1.807) is 74.0 Å². The third-order valence-electron chi connectivity index (χ3n) is 4.29. The Morgan fingerprint density at radius 3 is 2.11 bits per heavy atom. The molecule has 1 atom stereocenters. The van der Waals surface area contributed by atoms with Crippen LogP contribution in [0.1, 0.15) is 26.3 Å². The molecule has 4 nitrogen and oxygen atoms in total. The van der Waals surface area contributed by atoms with Gasteiger partial charge < -0.3 is 4.74 Å². The SMILES string of the molecule is COc1ccc(C(=O)[C@@H](Cc2ccc(Cl)nc2)C(=O)c2ccccc2)cc1. The van der Waals surface area contributed by atoms with Crippen LogP contribution < -0.4 is 4.74 Å². The predicted molar refractivity (Wildman–Crippen MR) is 105 cm³/mol. The molecule has 2 aromatic carbocycles. The molecule has 0 spiro atoms. The number of methoxy groups -OCH3 is 1. The molecule has 3 rings (SSSR count). The molecule has 0 aliphatic rings. The lowest BCUT2D eigenvalue weighted by Crippen LogP contribution is -2.26. The molecule has 0 radical (unpaired) electrons. The minimum Gasteiger partial charge on any atom is -0.497 e. The molecule has 0 saturated carbocycles. The highest BCUT2D eigenvalue weighted by atomic mass is 35.5. The molecule has 0 aliphatic carbocycles. The highest BCUT2D eigenvalue weighted by molar-refractivity contribution is 6.29. The van der Waals surface area contributed by atoms with Crippen LogP contribution in [0.25, 0.3) is 0 Å². The number of ether oxygens (including phenoxy) is 1. The summed E-state index contributed by atoms with van der Waals surface area (Å²) < 4.78 is 5.13. The van der Waals surface area contributed by atoms with Crippen molar-refractivity contribution >= 4 is 23.2 Å². The van der Waals surface area contributed by atoms with E-state index in [-0.39, 0.29) is 18.0 Å². The average Bonchev–Trinajstić information content (AvgIpc) is 2.73. The lowest BCUT2D eigenvalue weighted by atomic mass is 9.85. The summed E-state index contributed by atoms with van der Waals surface area (Å²) in [6.45, 7) is 0. The van der Waals surface area contributed by atoms with Crippen molar-refractivity contribution in [3.05, 3.63) is 94.8 Å². The number of carbonyl (C=O) groups is 2. The van der Waals surface area contributed by atoms with Crippen LogP contribution in [-0.2, 0) is 6.42 Å². The van der Waals surface area contributed by atoms with Crippen molar-refractivity contribution in [1.29, 1.82) is 0 Å². The van der Waals surface area contributed by atoms with Gasteiger partial charge in [0.1, 0.15) is 10.9 Å². The number of nitrogens with zero attached hydrogens (tertiary/aromatic N) is 1. The van der Waals surface area contributed by atoms with Crippen molar-refractivity contribution in [2.75, 3.05) is 7.11 Å². The fourth-order valence-electron chi connectivity index (χ4n) is 2.83. The second kappa shape index (κ2) is 8.60. The Kier molecular flexibility index (Phi) is 5.99. The van der Waals surface area contributed by atoms with Crippen LogP contribution in [0.3, 0.4) is 0 Å². The van der Waals surface area contributed by atoms with Gasteiger partial charge in [-0.3, -0.25) is 9.59 Å². The van der Waals surface area contributed by atoms with Crippen molar-refractivity contribution in [3.63, 3.8) is 0 Å². The zero-order valence-corrected chi connectivity index (χ0v) is 15.5. The maximum absolute atomic E-state index is 13.1. The predicted octanol–water partition coefficient (Wildman–Crippen LogP) is 4.67. The number of carbonyl (C=O) groups excluding carboxylic acids is 2. The minimum atomic E-state index is -0.844. The number of benzene rings is 2. The summed E-state index contributed by atoms with van der Waals surface area (Å²) >= 11 is 5.84. The van der Waals surface area contributed by atoms with Crippen molar-refractivity contribution in [2.24, 2.45) is 5.92 Å². The smallest absolute Gasteiger partial charge is 0.174 e. The van der Waals surface area contributed by atoms with Gasteiger partial charge in [-0.05, 0) is 42.3 Å². The maximum atomic E-state index is 13.1. The van der Waals surface area contributed by atoms with Crippen molar-refractivity contribution in [2.45, 2.75) is 6.42 Å². The van der Waals surface area contributed by atoms with E-state index in [4.69, 9.17) is 16.3 Å². The van der Waals surface area contributed by atoms with E-state index in [0.717, 1.165) is 5.56 Å². The molecule has 3 aromatic rings. The normalized spacial score (nSPS) is 11.6. The van der Waals surface area contributed by atoms with Crippen molar-refractivity contribution in [1.82, 2.24) is 4.98 Å². The lowest BCUT2D eigenvalue weighted by Gasteiger charge is -2.15. The number of hydrogen-bond donors (Lipinski definition) is 0. The molecular weight excluding hydrogens is 362 g/mol. The average molecular weight is 380 g/mol. The molecule has 27 heavy (non-hydrogen) atoms. The molecule has 0 bridgehead atoms. The molecule has 0 aliphatic heterocycles. The number of ketones is 2. The first-order valence-electron chi connectivity index (χ1n) is 8.46. The summed E-state index contributed by atoms with van der Waals surface area (Å²) in [6.07, 6.45) is 1.84. The first-order chi connectivity index (χ1) is 13.1. The Morgan fingerprint density at radius 1 is 0.926 bits per heavy atom. The Hall–Kier alpha value is -2.98. The summed E-state index contributed by atoms with van der Waals surface area (Å²) in [6, 6.07) is 19.0. The molecule has 1 heterocycles. The first-order valence-corrected chi connectivity index (χ1v) is 8.84. The van der Waals surface area contributed by atoms with E-state index in [1.165, 1.54) is 0 Å². The maximum Gasteiger partial charge on any atom is 0.174 e. The first kappa shape index (κ1) is 18.8. The van der Waals surface area contributed by atoms with Crippen LogP contribution >= 0.6 is 11.6 Å². The Balaban J connectivity index is 1.93. The topological polar surface area (TPSA) is 56.3 Å². The van der Waals surface area contributed by atoms with Gasteiger partial charge in [0.25, 0.3) is 0 Å². The van der Waals surface area contributed by atoms with Gasteiger partial charge in [0.2, 0.25) is 0 Å². The second-order valence-electron chi connectivity index (χ2n) is 6.07. The Bertz CT molecular complexity index is 922. The number of pyridine rings is 1. The standard InChI is InChI=1S/C22H18ClNO3/c1-27-18-10-8-17(9-11-18)22(26)19(13-15-7-12-20(23)24-14-15)21(25)16-5-3-2-4-6-16/h2-12,14,19H,13H2,1H3/t19-/m0/s1. The van der Waals surface area contributed by atoms with Gasteiger partial charge in [-0.1, -0.05) is 48.0 Å². The van der Waals surface area contributed by atoms with E-state index >= 15 is 0 Å². The van der Waals surface area contributed by atoms with Gasteiger partial charge >= 0.3 is 0 Å². The van der Waals surface area contributed by atoms with E-state index in [0.29, 0.717) is 22.0 Å². The highest BCUT2D eigenvalue weighted by Crippen LogP contribution is 2.22. The van der Waals surface area contributed by atoms with Gasteiger partial charge in [-0.2, -0.15) is 0 Å². The zero-order chi connectivity index (χ0) is 19.2. The number of halogens is 1. The number of Topliss-reactive ketones (excluding diaryl/α,β-unsaturated/α-hetero) is 2. The van der Waals surface area contributed by atoms with E-state index in [2.05, 4.69) is 4.98 Å². The van der Waals surface area contributed by atoms with Gasteiger partial charge in [-0.15, -0.1) is 0 Å². The summed E-state index contributed by atoms with van der Waals surface area (Å²) in [5, 5.41) is 0.367. The molecule has 0 fully saturated rings. The number of aromatic nitrogens is 1.